The highest BCUT2D eigenvalue weighted by atomic mass is 16.1. The molecular weight excluding hydrogens is 254 g/mol. The number of likely N-dealkylation sites (N-methyl/N-ethyl adjacent to an activating group) is 1. The van der Waals surface area contributed by atoms with E-state index in [4.69, 9.17) is 0 Å². The van der Waals surface area contributed by atoms with Gasteiger partial charge in [0.05, 0.1) is 18.4 Å². The van der Waals surface area contributed by atoms with Crippen molar-refractivity contribution in [1.82, 2.24) is 20.0 Å². The summed E-state index contributed by atoms with van der Waals surface area (Å²) in [4.78, 5) is 16.6. The second-order valence-corrected chi connectivity index (χ2v) is 5.79. The van der Waals surface area contributed by atoms with Gasteiger partial charge in [0.1, 0.15) is 0 Å². The Balaban J connectivity index is 1.59. The van der Waals surface area contributed by atoms with Gasteiger partial charge in [-0.15, -0.1) is 0 Å². The number of hydrogen-bond acceptors (Lipinski definition) is 5. The highest BCUT2D eigenvalue weighted by molar-refractivity contribution is 5.43. The van der Waals surface area contributed by atoms with Crippen LogP contribution in [0.2, 0.25) is 0 Å². The minimum Gasteiger partial charge on any atom is -0.368 e. The molecule has 0 amide bonds. The second-order valence-electron chi connectivity index (χ2n) is 5.79. The third-order valence-electron chi connectivity index (χ3n) is 4.06. The van der Waals surface area contributed by atoms with Gasteiger partial charge in [0.15, 0.2) is 0 Å². The molecule has 0 spiro atoms. The SMILES string of the molecule is CN1CCN(c2cnn(CCNC3CC3)c(=O)c2)CC1. The molecule has 1 N–H and O–H groups in total. The molecule has 2 heterocycles. The number of rotatable bonds is 5. The zero-order chi connectivity index (χ0) is 13.9. The largest absolute Gasteiger partial charge is 0.368 e. The van der Waals surface area contributed by atoms with Crippen molar-refractivity contribution in [3.05, 3.63) is 22.6 Å². The molecule has 1 saturated heterocycles. The Hall–Kier alpha value is -1.40. The van der Waals surface area contributed by atoms with Gasteiger partial charge < -0.3 is 15.1 Å². The lowest BCUT2D eigenvalue weighted by Gasteiger charge is -2.33. The quantitative estimate of drug-likeness (QED) is 0.804. The van der Waals surface area contributed by atoms with E-state index in [-0.39, 0.29) is 5.56 Å². The van der Waals surface area contributed by atoms with E-state index in [0.717, 1.165) is 38.4 Å². The van der Waals surface area contributed by atoms with Crippen molar-refractivity contribution >= 4 is 5.69 Å². The van der Waals surface area contributed by atoms with Crippen LogP contribution in [0.15, 0.2) is 17.1 Å². The van der Waals surface area contributed by atoms with Gasteiger partial charge >= 0.3 is 0 Å². The first-order chi connectivity index (χ1) is 9.72. The molecule has 6 nitrogen and oxygen atoms in total. The summed E-state index contributed by atoms with van der Waals surface area (Å²) in [7, 11) is 2.13. The van der Waals surface area contributed by atoms with E-state index in [1.165, 1.54) is 12.8 Å². The molecule has 2 fully saturated rings. The smallest absolute Gasteiger partial charge is 0.268 e. The first-order valence-corrected chi connectivity index (χ1v) is 7.46. The zero-order valence-corrected chi connectivity index (χ0v) is 12.1. The molecule has 0 unspecified atom stereocenters. The molecule has 0 aromatic carbocycles. The van der Waals surface area contributed by atoms with Crippen LogP contribution in [0.3, 0.4) is 0 Å². The molecule has 0 bridgehead atoms. The van der Waals surface area contributed by atoms with Gasteiger partial charge in [-0.05, 0) is 19.9 Å². The molecule has 2 aliphatic rings. The molecular formula is C14H23N5O. The Morgan fingerprint density at radius 3 is 2.70 bits per heavy atom. The number of piperazine rings is 1. The van der Waals surface area contributed by atoms with Crippen LogP contribution in [-0.2, 0) is 6.54 Å². The summed E-state index contributed by atoms with van der Waals surface area (Å²) in [6, 6.07) is 2.39. The Bertz CT molecular complexity index is 503. The fourth-order valence-electron chi connectivity index (χ4n) is 2.49. The summed E-state index contributed by atoms with van der Waals surface area (Å²) in [6.45, 7) is 5.47. The highest BCUT2D eigenvalue weighted by Crippen LogP contribution is 2.18. The summed E-state index contributed by atoms with van der Waals surface area (Å²) in [5.74, 6) is 0. The van der Waals surface area contributed by atoms with Crippen LogP contribution >= 0.6 is 0 Å². The van der Waals surface area contributed by atoms with Crippen LogP contribution in [0.1, 0.15) is 12.8 Å². The summed E-state index contributed by atoms with van der Waals surface area (Å²) >= 11 is 0. The minimum atomic E-state index is -0.000903. The van der Waals surface area contributed by atoms with Crippen molar-refractivity contribution in [2.45, 2.75) is 25.4 Å². The van der Waals surface area contributed by atoms with E-state index < -0.39 is 0 Å². The van der Waals surface area contributed by atoms with Gasteiger partial charge in [0.2, 0.25) is 0 Å². The fraction of sp³-hybridized carbons (Fsp3) is 0.714. The van der Waals surface area contributed by atoms with E-state index in [0.29, 0.717) is 12.6 Å². The molecule has 1 saturated carbocycles. The lowest BCUT2D eigenvalue weighted by Crippen LogP contribution is -2.45. The van der Waals surface area contributed by atoms with Crippen molar-refractivity contribution in [2.24, 2.45) is 0 Å². The van der Waals surface area contributed by atoms with Crippen LogP contribution in [0.4, 0.5) is 5.69 Å². The standard InChI is InChI=1S/C14H23N5O/c1-17-6-8-18(9-7-17)13-10-14(20)19(16-11-13)5-4-15-12-2-3-12/h10-12,15H,2-9H2,1H3. The van der Waals surface area contributed by atoms with Gasteiger partial charge in [-0.3, -0.25) is 4.79 Å². The molecule has 20 heavy (non-hydrogen) atoms. The first kappa shape index (κ1) is 13.6. The summed E-state index contributed by atoms with van der Waals surface area (Å²) in [5, 5.41) is 7.70. The molecule has 110 valence electrons. The maximum atomic E-state index is 12.1. The molecule has 3 rings (SSSR count). The lowest BCUT2D eigenvalue weighted by atomic mass is 10.3. The third-order valence-corrected chi connectivity index (χ3v) is 4.06. The first-order valence-electron chi connectivity index (χ1n) is 7.46. The van der Waals surface area contributed by atoms with Gasteiger partial charge in [0, 0.05) is 44.8 Å². The molecule has 0 atom stereocenters. The molecule has 6 heteroatoms. The number of nitrogens with zero attached hydrogens (tertiary/aromatic N) is 4. The Morgan fingerprint density at radius 2 is 2.05 bits per heavy atom. The average Bonchev–Trinajstić information content (AvgIpc) is 3.26. The predicted octanol–water partition coefficient (Wildman–Crippen LogP) is -0.253. The average molecular weight is 277 g/mol. The van der Waals surface area contributed by atoms with Crippen LogP contribution in [0.5, 0.6) is 0 Å². The number of aromatic nitrogens is 2. The predicted molar refractivity (Wildman–Crippen MR) is 79.2 cm³/mol. The minimum absolute atomic E-state index is 0.000903. The van der Waals surface area contributed by atoms with Gasteiger partial charge in [-0.1, -0.05) is 0 Å². The molecule has 1 aliphatic heterocycles. The van der Waals surface area contributed by atoms with E-state index in [1.807, 2.05) is 6.20 Å². The summed E-state index contributed by atoms with van der Waals surface area (Å²) in [5.41, 5.74) is 0.952. The van der Waals surface area contributed by atoms with Crippen molar-refractivity contribution in [2.75, 3.05) is 44.7 Å². The van der Waals surface area contributed by atoms with E-state index in [1.54, 1.807) is 10.7 Å². The Labute approximate surface area is 119 Å². The van der Waals surface area contributed by atoms with Crippen LogP contribution in [-0.4, -0.2) is 60.5 Å². The van der Waals surface area contributed by atoms with E-state index in [9.17, 15) is 4.79 Å². The van der Waals surface area contributed by atoms with E-state index >= 15 is 0 Å². The Morgan fingerprint density at radius 1 is 1.30 bits per heavy atom. The second kappa shape index (κ2) is 5.93. The fourth-order valence-corrected chi connectivity index (χ4v) is 2.49. The summed E-state index contributed by atoms with van der Waals surface area (Å²) < 4.78 is 1.55. The van der Waals surface area contributed by atoms with Gasteiger partial charge in [-0.25, -0.2) is 4.68 Å². The topological polar surface area (TPSA) is 53.4 Å². The van der Waals surface area contributed by atoms with Crippen molar-refractivity contribution < 1.29 is 0 Å². The number of nitrogens with one attached hydrogen (secondary N) is 1. The van der Waals surface area contributed by atoms with Gasteiger partial charge in [-0.2, -0.15) is 5.10 Å². The molecule has 0 radical (unpaired) electrons. The molecule has 1 aromatic heterocycles. The molecule has 1 aliphatic carbocycles. The van der Waals surface area contributed by atoms with Crippen LogP contribution in [0, 0.1) is 0 Å². The van der Waals surface area contributed by atoms with Crippen molar-refractivity contribution in [3.8, 4) is 0 Å². The van der Waals surface area contributed by atoms with Crippen molar-refractivity contribution in [3.63, 3.8) is 0 Å². The third kappa shape index (κ3) is 3.37. The van der Waals surface area contributed by atoms with E-state index in [2.05, 4.69) is 27.3 Å². The Kier molecular flexibility index (Phi) is 4.03. The maximum absolute atomic E-state index is 12.1. The highest BCUT2D eigenvalue weighted by Gasteiger charge is 2.20. The lowest BCUT2D eigenvalue weighted by molar-refractivity contribution is 0.312. The normalized spacial score (nSPS) is 20.4. The monoisotopic (exact) mass is 277 g/mol. The number of hydrogen-bond donors (Lipinski definition) is 1. The van der Waals surface area contributed by atoms with Crippen LogP contribution in [0.25, 0.3) is 0 Å². The zero-order valence-electron chi connectivity index (χ0n) is 12.1. The maximum Gasteiger partial charge on any atom is 0.268 e. The van der Waals surface area contributed by atoms with Gasteiger partial charge in [0.25, 0.3) is 5.56 Å². The summed E-state index contributed by atoms with van der Waals surface area (Å²) in [6.07, 6.45) is 4.36. The molecule has 1 aromatic rings. The number of anilines is 1. The van der Waals surface area contributed by atoms with Crippen LogP contribution < -0.4 is 15.8 Å². The van der Waals surface area contributed by atoms with Crippen molar-refractivity contribution in [1.29, 1.82) is 0 Å².